The van der Waals surface area contributed by atoms with E-state index in [0.29, 0.717) is 12.2 Å². The Balaban J connectivity index is 1.48. The standard InChI is InChI=1S/C15H20N6O/c22-15(16-6-10-3-4-10)11-2-1-5-21(7-11)14-12-13(18-8-17-12)19-9-20-14/h8-11H,1-7H2,(H,16,22)(H,17,18,19,20)/t11-/m1/s1. The molecule has 7 nitrogen and oxygen atoms in total. The maximum absolute atomic E-state index is 12.3. The lowest BCUT2D eigenvalue weighted by Crippen LogP contribution is -2.43. The summed E-state index contributed by atoms with van der Waals surface area (Å²) >= 11 is 0. The second-order valence-electron chi connectivity index (χ2n) is 6.27. The van der Waals surface area contributed by atoms with Crippen molar-refractivity contribution < 1.29 is 4.79 Å². The highest BCUT2D eigenvalue weighted by Crippen LogP contribution is 2.28. The number of nitrogens with zero attached hydrogens (tertiary/aromatic N) is 4. The summed E-state index contributed by atoms with van der Waals surface area (Å²) in [6.45, 7) is 2.47. The van der Waals surface area contributed by atoms with Gasteiger partial charge in [0.1, 0.15) is 11.8 Å². The molecule has 0 bridgehead atoms. The van der Waals surface area contributed by atoms with Gasteiger partial charge in [-0.25, -0.2) is 15.0 Å². The summed E-state index contributed by atoms with van der Waals surface area (Å²) in [5.74, 6) is 1.80. The fourth-order valence-electron chi connectivity index (χ4n) is 3.09. The van der Waals surface area contributed by atoms with Crippen LogP contribution in [-0.2, 0) is 4.79 Å². The first kappa shape index (κ1) is 13.5. The van der Waals surface area contributed by atoms with Gasteiger partial charge in [0.05, 0.1) is 12.2 Å². The van der Waals surface area contributed by atoms with Crippen LogP contribution >= 0.6 is 0 Å². The zero-order valence-corrected chi connectivity index (χ0v) is 12.5. The van der Waals surface area contributed by atoms with Crippen molar-refractivity contribution in [3.05, 3.63) is 12.7 Å². The van der Waals surface area contributed by atoms with Gasteiger partial charge in [0, 0.05) is 19.6 Å². The smallest absolute Gasteiger partial charge is 0.224 e. The number of imidazole rings is 1. The van der Waals surface area contributed by atoms with Crippen LogP contribution in [0.2, 0.25) is 0 Å². The topological polar surface area (TPSA) is 86.8 Å². The number of hydrogen-bond donors (Lipinski definition) is 2. The van der Waals surface area contributed by atoms with Gasteiger partial charge in [0.15, 0.2) is 11.5 Å². The fourth-order valence-corrected chi connectivity index (χ4v) is 3.09. The van der Waals surface area contributed by atoms with Crippen LogP contribution in [0.15, 0.2) is 12.7 Å². The number of H-pyrrole nitrogens is 1. The largest absolute Gasteiger partial charge is 0.356 e. The maximum Gasteiger partial charge on any atom is 0.224 e. The quantitative estimate of drug-likeness (QED) is 0.883. The van der Waals surface area contributed by atoms with Gasteiger partial charge in [-0.15, -0.1) is 0 Å². The molecular formula is C15H20N6O. The second kappa shape index (κ2) is 5.55. The summed E-state index contributed by atoms with van der Waals surface area (Å²) in [4.78, 5) is 30.3. The van der Waals surface area contributed by atoms with Crippen LogP contribution in [0.25, 0.3) is 11.2 Å². The van der Waals surface area contributed by atoms with E-state index in [1.54, 1.807) is 6.33 Å². The molecule has 1 atom stereocenters. The summed E-state index contributed by atoms with van der Waals surface area (Å²) in [7, 11) is 0. The molecule has 2 aliphatic rings. The second-order valence-corrected chi connectivity index (χ2v) is 6.27. The Bertz CT molecular complexity index is 679. The van der Waals surface area contributed by atoms with Crippen molar-refractivity contribution in [2.75, 3.05) is 24.5 Å². The van der Waals surface area contributed by atoms with E-state index in [4.69, 9.17) is 0 Å². The Morgan fingerprint density at radius 1 is 1.32 bits per heavy atom. The first-order valence-corrected chi connectivity index (χ1v) is 7.98. The molecule has 3 heterocycles. The van der Waals surface area contributed by atoms with E-state index in [1.165, 1.54) is 19.2 Å². The minimum Gasteiger partial charge on any atom is -0.356 e. The lowest BCUT2D eigenvalue weighted by molar-refractivity contribution is -0.125. The van der Waals surface area contributed by atoms with E-state index in [-0.39, 0.29) is 11.8 Å². The van der Waals surface area contributed by atoms with Crippen LogP contribution in [0.1, 0.15) is 25.7 Å². The van der Waals surface area contributed by atoms with Gasteiger partial charge < -0.3 is 15.2 Å². The molecule has 0 unspecified atom stereocenters. The molecule has 0 aromatic carbocycles. The minimum atomic E-state index is 0.0421. The van der Waals surface area contributed by atoms with Gasteiger partial charge in [-0.3, -0.25) is 4.79 Å². The zero-order chi connectivity index (χ0) is 14.9. The van der Waals surface area contributed by atoms with Crippen molar-refractivity contribution in [3.63, 3.8) is 0 Å². The third kappa shape index (κ3) is 2.63. The highest BCUT2D eigenvalue weighted by molar-refractivity contribution is 5.84. The molecule has 1 saturated carbocycles. The highest BCUT2D eigenvalue weighted by Gasteiger charge is 2.29. The Kier molecular flexibility index (Phi) is 3.40. The lowest BCUT2D eigenvalue weighted by atomic mass is 9.97. The number of amides is 1. The molecule has 4 rings (SSSR count). The summed E-state index contributed by atoms with van der Waals surface area (Å²) in [6, 6.07) is 0. The number of piperidine rings is 1. The van der Waals surface area contributed by atoms with Gasteiger partial charge in [-0.2, -0.15) is 0 Å². The molecule has 0 spiro atoms. The third-order valence-electron chi connectivity index (χ3n) is 4.56. The van der Waals surface area contributed by atoms with Gasteiger partial charge >= 0.3 is 0 Å². The number of aromatic amines is 1. The molecule has 2 N–H and O–H groups in total. The molecule has 7 heteroatoms. The van der Waals surface area contributed by atoms with E-state index in [1.807, 2.05) is 0 Å². The number of carbonyl (C=O) groups is 1. The van der Waals surface area contributed by atoms with E-state index < -0.39 is 0 Å². The van der Waals surface area contributed by atoms with Crippen LogP contribution < -0.4 is 10.2 Å². The van der Waals surface area contributed by atoms with Gasteiger partial charge in [-0.1, -0.05) is 0 Å². The molecule has 1 aliphatic heterocycles. The number of fused-ring (bicyclic) bond motifs is 1. The summed E-state index contributed by atoms with van der Waals surface area (Å²) in [5, 5.41) is 3.10. The van der Waals surface area contributed by atoms with Crippen LogP contribution in [-0.4, -0.2) is 45.5 Å². The Labute approximate surface area is 128 Å². The van der Waals surface area contributed by atoms with Crippen molar-refractivity contribution in [1.82, 2.24) is 25.3 Å². The molecule has 0 radical (unpaired) electrons. The average Bonchev–Trinajstić information content (AvgIpc) is 3.27. The van der Waals surface area contributed by atoms with Crippen LogP contribution in [0, 0.1) is 11.8 Å². The molecule has 1 amide bonds. The highest BCUT2D eigenvalue weighted by atomic mass is 16.1. The van der Waals surface area contributed by atoms with Crippen molar-refractivity contribution in [3.8, 4) is 0 Å². The van der Waals surface area contributed by atoms with Gasteiger partial charge in [0.2, 0.25) is 5.91 Å². The Hall–Kier alpha value is -2.18. The normalized spacial score (nSPS) is 22.0. The molecule has 1 aliphatic carbocycles. The van der Waals surface area contributed by atoms with Crippen molar-refractivity contribution in [1.29, 1.82) is 0 Å². The number of hydrogen-bond acceptors (Lipinski definition) is 5. The first-order chi connectivity index (χ1) is 10.8. The molecule has 2 aromatic heterocycles. The van der Waals surface area contributed by atoms with Crippen molar-refractivity contribution >= 4 is 22.9 Å². The lowest BCUT2D eigenvalue weighted by Gasteiger charge is -2.32. The number of anilines is 1. The minimum absolute atomic E-state index is 0.0421. The van der Waals surface area contributed by atoms with Gasteiger partial charge in [-0.05, 0) is 31.6 Å². The summed E-state index contributed by atoms with van der Waals surface area (Å²) in [5.41, 5.74) is 1.52. The number of rotatable bonds is 4. The molecule has 2 fully saturated rings. The maximum atomic E-state index is 12.3. The molecule has 2 aromatic rings. The predicted molar refractivity (Wildman–Crippen MR) is 82.4 cm³/mol. The average molecular weight is 300 g/mol. The molecular weight excluding hydrogens is 280 g/mol. The number of carbonyl (C=O) groups excluding carboxylic acids is 1. The van der Waals surface area contributed by atoms with E-state index in [0.717, 1.165) is 43.2 Å². The SMILES string of the molecule is O=C(NCC1CC1)[C@@H]1CCCN(c2ncnc3nc[nH]c23)C1. The monoisotopic (exact) mass is 300 g/mol. The van der Waals surface area contributed by atoms with Crippen LogP contribution in [0.3, 0.4) is 0 Å². The van der Waals surface area contributed by atoms with E-state index >= 15 is 0 Å². The van der Waals surface area contributed by atoms with Crippen LogP contribution in [0.5, 0.6) is 0 Å². The van der Waals surface area contributed by atoms with Crippen molar-refractivity contribution in [2.24, 2.45) is 11.8 Å². The third-order valence-corrected chi connectivity index (χ3v) is 4.56. The fraction of sp³-hybridized carbons (Fsp3) is 0.600. The van der Waals surface area contributed by atoms with E-state index in [2.05, 4.69) is 30.2 Å². The van der Waals surface area contributed by atoms with E-state index in [9.17, 15) is 4.79 Å². The van der Waals surface area contributed by atoms with Crippen molar-refractivity contribution in [2.45, 2.75) is 25.7 Å². The summed E-state index contributed by atoms with van der Waals surface area (Å²) in [6.07, 6.45) is 7.64. The molecule has 22 heavy (non-hydrogen) atoms. The Morgan fingerprint density at radius 3 is 3.09 bits per heavy atom. The Morgan fingerprint density at radius 2 is 2.23 bits per heavy atom. The molecule has 116 valence electrons. The first-order valence-electron chi connectivity index (χ1n) is 7.98. The predicted octanol–water partition coefficient (Wildman–Crippen LogP) is 1.10. The molecule has 1 saturated heterocycles. The number of aromatic nitrogens is 4. The zero-order valence-electron chi connectivity index (χ0n) is 12.5. The van der Waals surface area contributed by atoms with Gasteiger partial charge in [0.25, 0.3) is 0 Å². The number of nitrogens with one attached hydrogen (secondary N) is 2. The van der Waals surface area contributed by atoms with Crippen LogP contribution in [0.4, 0.5) is 5.82 Å². The summed E-state index contributed by atoms with van der Waals surface area (Å²) < 4.78 is 0.